The molecule has 0 bridgehead atoms. The maximum absolute atomic E-state index is 12.9. The van der Waals surface area contributed by atoms with Crippen molar-refractivity contribution in [3.05, 3.63) is 48.6 Å². The van der Waals surface area contributed by atoms with Gasteiger partial charge in [-0.25, -0.2) is 0 Å². The van der Waals surface area contributed by atoms with E-state index in [1.165, 1.54) is 218 Å². The number of unbranched alkanes of at least 4 members (excludes halogenated alkanes) is 39. The van der Waals surface area contributed by atoms with Crippen LogP contribution >= 0.6 is 0 Å². The molecule has 0 spiro atoms. The lowest BCUT2D eigenvalue weighted by atomic mass is 10.0. The molecule has 0 amide bonds. The molecule has 0 aromatic carbocycles. The van der Waals surface area contributed by atoms with Crippen molar-refractivity contribution >= 4 is 17.9 Å². The van der Waals surface area contributed by atoms with Gasteiger partial charge < -0.3 is 14.2 Å². The second kappa shape index (κ2) is 60.9. The number of esters is 3. The van der Waals surface area contributed by atoms with Gasteiger partial charge in [0.1, 0.15) is 13.2 Å². The number of allylic oxidation sites excluding steroid dienone is 8. The van der Waals surface area contributed by atoms with Gasteiger partial charge in [0, 0.05) is 19.3 Å². The number of carbonyl (C=O) groups is 3. The first-order valence-electron chi connectivity index (χ1n) is 31.6. The molecule has 0 aliphatic rings. The number of hydrogen-bond acceptors (Lipinski definition) is 6. The van der Waals surface area contributed by atoms with Crippen molar-refractivity contribution in [3.63, 3.8) is 0 Å². The fourth-order valence-electron chi connectivity index (χ4n) is 9.27. The van der Waals surface area contributed by atoms with Gasteiger partial charge in [-0.1, -0.05) is 281 Å². The van der Waals surface area contributed by atoms with Crippen LogP contribution in [0.2, 0.25) is 0 Å². The summed E-state index contributed by atoms with van der Waals surface area (Å²) in [6.45, 7) is 6.63. The number of rotatable bonds is 58. The summed E-state index contributed by atoms with van der Waals surface area (Å²) < 4.78 is 16.9. The molecule has 0 aliphatic carbocycles. The van der Waals surface area contributed by atoms with E-state index in [9.17, 15) is 14.4 Å². The van der Waals surface area contributed by atoms with Gasteiger partial charge in [0.15, 0.2) is 6.10 Å². The van der Waals surface area contributed by atoms with Gasteiger partial charge >= 0.3 is 17.9 Å². The average Bonchev–Trinajstić information content (AvgIpc) is 3.38. The van der Waals surface area contributed by atoms with E-state index in [4.69, 9.17) is 14.2 Å². The highest BCUT2D eigenvalue weighted by Crippen LogP contribution is 2.17. The zero-order valence-electron chi connectivity index (χ0n) is 48.2. The van der Waals surface area contributed by atoms with Gasteiger partial charge in [-0.2, -0.15) is 0 Å². The maximum Gasteiger partial charge on any atom is 0.306 e. The van der Waals surface area contributed by atoms with Crippen molar-refractivity contribution in [1.29, 1.82) is 0 Å². The van der Waals surface area contributed by atoms with Crippen LogP contribution in [0.25, 0.3) is 0 Å². The van der Waals surface area contributed by atoms with Crippen LogP contribution in [0.3, 0.4) is 0 Å². The van der Waals surface area contributed by atoms with Crippen molar-refractivity contribution in [3.8, 4) is 0 Å². The summed E-state index contributed by atoms with van der Waals surface area (Å²) in [6.07, 6.45) is 75.5. The van der Waals surface area contributed by atoms with Gasteiger partial charge in [0.05, 0.1) is 0 Å². The zero-order chi connectivity index (χ0) is 52.2. The Bertz CT molecular complexity index is 1250. The summed E-state index contributed by atoms with van der Waals surface area (Å²) in [4.78, 5) is 38.2. The summed E-state index contributed by atoms with van der Waals surface area (Å²) in [6, 6.07) is 0. The molecule has 1 atom stereocenters. The van der Waals surface area contributed by atoms with Crippen LogP contribution in [-0.4, -0.2) is 37.2 Å². The predicted molar refractivity (Wildman–Crippen MR) is 312 cm³/mol. The molecule has 0 saturated carbocycles. The van der Waals surface area contributed by atoms with Crippen LogP contribution in [0.5, 0.6) is 0 Å². The minimum atomic E-state index is -0.774. The van der Waals surface area contributed by atoms with E-state index >= 15 is 0 Å². The van der Waals surface area contributed by atoms with Gasteiger partial charge in [-0.05, 0) is 83.5 Å². The summed E-state index contributed by atoms with van der Waals surface area (Å²) in [5, 5.41) is 0. The first-order chi connectivity index (χ1) is 35.5. The molecule has 0 saturated heterocycles. The third-order valence-electron chi connectivity index (χ3n) is 14.1. The second-order valence-corrected chi connectivity index (χ2v) is 21.3. The Balaban J connectivity index is 4.18. The first-order valence-corrected chi connectivity index (χ1v) is 31.6. The quantitative estimate of drug-likeness (QED) is 0.0261. The number of carbonyl (C=O) groups excluding carboxylic acids is 3. The predicted octanol–water partition coefficient (Wildman–Crippen LogP) is 21.4. The lowest BCUT2D eigenvalue weighted by molar-refractivity contribution is -0.167. The highest BCUT2D eigenvalue weighted by molar-refractivity contribution is 5.71. The monoisotopic (exact) mass is 1010 g/mol. The highest BCUT2D eigenvalue weighted by Gasteiger charge is 2.19. The Hall–Kier alpha value is -2.63. The molecule has 6 heteroatoms. The van der Waals surface area contributed by atoms with Crippen LogP contribution in [0, 0.1) is 0 Å². The molecule has 6 nitrogen and oxygen atoms in total. The van der Waals surface area contributed by atoms with E-state index < -0.39 is 6.10 Å². The van der Waals surface area contributed by atoms with E-state index in [0.717, 1.165) is 77.0 Å². The molecule has 1 unspecified atom stereocenters. The van der Waals surface area contributed by atoms with E-state index in [1.807, 2.05) is 0 Å². The smallest absolute Gasteiger partial charge is 0.306 e. The van der Waals surface area contributed by atoms with Gasteiger partial charge in [0.25, 0.3) is 0 Å². The lowest BCUT2D eigenvalue weighted by Gasteiger charge is -2.18. The summed E-state index contributed by atoms with van der Waals surface area (Å²) >= 11 is 0. The van der Waals surface area contributed by atoms with Gasteiger partial charge in [0.2, 0.25) is 0 Å². The highest BCUT2D eigenvalue weighted by atomic mass is 16.6. The normalized spacial score (nSPS) is 12.3. The summed E-state index contributed by atoms with van der Waals surface area (Å²) in [5.74, 6) is -0.864. The number of hydrogen-bond donors (Lipinski definition) is 0. The summed E-state index contributed by atoms with van der Waals surface area (Å²) in [5.41, 5.74) is 0. The fourth-order valence-corrected chi connectivity index (χ4v) is 9.27. The van der Waals surface area contributed by atoms with Crippen LogP contribution < -0.4 is 0 Å². The average molecular weight is 1010 g/mol. The zero-order valence-corrected chi connectivity index (χ0v) is 48.2. The van der Waals surface area contributed by atoms with Crippen molar-refractivity contribution in [2.75, 3.05) is 13.2 Å². The van der Waals surface area contributed by atoms with Crippen LogP contribution in [-0.2, 0) is 28.6 Å². The van der Waals surface area contributed by atoms with Crippen LogP contribution in [0.15, 0.2) is 48.6 Å². The molecule has 0 heterocycles. The lowest BCUT2D eigenvalue weighted by Crippen LogP contribution is -2.30. The van der Waals surface area contributed by atoms with E-state index in [2.05, 4.69) is 69.4 Å². The third-order valence-corrected chi connectivity index (χ3v) is 14.1. The largest absolute Gasteiger partial charge is 0.462 e. The van der Waals surface area contributed by atoms with Gasteiger partial charge in [-0.3, -0.25) is 14.4 Å². The molecule has 0 rings (SSSR count). The Kier molecular flexibility index (Phi) is 58.7. The van der Waals surface area contributed by atoms with Crippen molar-refractivity contribution in [2.45, 2.75) is 341 Å². The van der Waals surface area contributed by atoms with Crippen LogP contribution in [0.1, 0.15) is 335 Å². The molecular formula is C66H120O6. The minimum Gasteiger partial charge on any atom is -0.462 e. The Morgan fingerprint density at radius 3 is 0.792 bits per heavy atom. The topological polar surface area (TPSA) is 78.9 Å². The summed E-state index contributed by atoms with van der Waals surface area (Å²) in [7, 11) is 0. The Labute approximate surface area is 448 Å². The second-order valence-electron chi connectivity index (χ2n) is 21.3. The first kappa shape index (κ1) is 69.4. The molecule has 0 N–H and O–H groups in total. The molecule has 0 aliphatic heterocycles. The SMILES string of the molecule is CCCCC/C=C\C/C=C\CCCCCCCCCC(=O)OC(COC(=O)CCCCCCCCCCCC)COC(=O)CCCCCCCCCCCCCCCCC/C=C\C/C=C\CCCCCCC. The minimum absolute atomic E-state index is 0.0726. The van der Waals surface area contributed by atoms with E-state index in [1.54, 1.807) is 0 Å². The molecule has 0 aromatic rings. The third kappa shape index (κ3) is 58.3. The molecular weight excluding hydrogens is 889 g/mol. The molecule has 0 radical (unpaired) electrons. The fraction of sp³-hybridized carbons (Fsp3) is 0.833. The van der Waals surface area contributed by atoms with Crippen molar-refractivity contribution in [2.24, 2.45) is 0 Å². The number of ether oxygens (including phenoxy) is 3. The van der Waals surface area contributed by atoms with E-state index in [-0.39, 0.29) is 31.1 Å². The standard InChI is InChI=1S/C66H120O6/c1-4-7-10-13-16-19-22-24-26-28-29-30-31-32-33-34-35-36-37-39-40-42-44-47-50-53-56-59-65(68)71-62-63(61-70-64(67)58-55-52-49-46-21-18-15-12-9-6-3)72-66(69)60-57-54-51-48-45-43-41-38-27-25-23-20-17-14-11-8-5-2/h17,20,22,24-25,27-29,63H,4-16,18-19,21,23,26,30-62H2,1-3H3/b20-17-,24-22-,27-25-,29-28-. The van der Waals surface area contributed by atoms with Crippen molar-refractivity contribution < 1.29 is 28.6 Å². The van der Waals surface area contributed by atoms with Crippen LogP contribution in [0.4, 0.5) is 0 Å². The molecule has 0 aromatic heterocycles. The molecule has 420 valence electrons. The Morgan fingerprint density at radius 2 is 0.500 bits per heavy atom. The molecule has 0 fully saturated rings. The van der Waals surface area contributed by atoms with E-state index in [0.29, 0.717) is 19.3 Å². The Morgan fingerprint density at radius 1 is 0.278 bits per heavy atom. The van der Waals surface area contributed by atoms with Crippen molar-refractivity contribution in [1.82, 2.24) is 0 Å². The molecule has 72 heavy (non-hydrogen) atoms. The maximum atomic E-state index is 12.9. The van der Waals surface area contributed by atoms with Gasteiger partial charge in [-0.15, -0.1) is 0 Å².